The highest BCUT2D eigenvalue weighted by Gasteiger charge is 2.31. The molecule has 44 heavy (non-hydrogen) atoms. The number of imidazole rings is 1. The van der Waals surface area contributed by atoms with E-state index < -0.39 is 41.8 Å². The van der Waals surface area contributed by atoms with Crippen molar-refractivity contribution >= 4 is 29.4 Å². The van der Waals surface area contributed by atoms with E-state index in [0.29, 0.717) is 11.6 Å². The lowest BCUT2D eigenvalue weighted by molar-refractivity contribution is -0.274. The zero-order valence-electron chi connectivity index (χ0n) is 22.7. The average Bonchev–Trinajstić information content (AvgIpc) is 3.69. The molecule has 3 amide bonds. The number of nitrogens with one attached hydrogen (secondary N) is 4. The van der Waals surface area contributed by atoms with Crippen LogP contribution in [0.2, 0.25) is 0 Å². The molecule has 0 spiro atoms. The number of halogens is 6. The Balaban J connectivity index is 1.40. The number of amides is 3. The first kappa shape index (κ1) is 32.1. The molecule has 0 unspecified atom stereocenters. The van der Waals surface area contributed by atoms with Gasteiger partial charge in [-0.3, -0.25) is 14.9 Å². The maximum Gasteiger partial charge on any atom is 0.573 e. The van der Waals surface area contributed by atoms with Gasteiger partial charge in [0.2, 0.25) is 5.82 Å². The third kappa shape index (κ3) is 10.2. The van der Waals surface area contributed by atoms with Crippen LogP contribution in [0.4, 0.5) is 42.6 Å². The zero-order valence-corrected chi connectivity index (χ0v) is 22.7. The smallest absolute Gasteiger partial charge is 0.463 e. The monoisotopic (exact) mass is 628 g/mol. The molecule has 1 aliphatic carbocycles. The summed E-state index contributed by atoms with van der Waals surface area (Å²) in [6, 6.07) is 8.00. The maximum absolute atomic E-state index is 13.0. The molecule has 11 nitrogen and oxygen atoms in total. The molecule has 2 aromatic carbocycles. The fourth-order valence-corrected chi connectivity index (χ4v) is 3.77. The maximum atomic E-state index is 13.0. The Morgan fingerprint density at radius 3 is 2.23 bits per heavy atom. The van der Waals surface area contributed by atoms with Crippen LogP contribution >= 0.6 is 0 Å². The number of aromatic nitrogens is 2. The van der Waals surface area contributed by atoms with Gasteiger partial charge in [-0.1, -0.05) is 12.1 Å². The first-order valence-corrected chi connectivity index (χ1v) is 13.1. The van der Waals surface area contributed by atoms with Gasteiger partial charge in [-0.05, 0) is 54.8 Å². The molecule has 1 saturated carbocycles. The molecule has 0 aliphatic heterocycles. The van der Waals surface area contributed by atoms with Crippen molar-refractivity contribution < 1.29 is 50.2 Å². The van der Waals surface area contributed by atoms with Crippen LogP contribution in [0.1, 0.15) is 34.6 Å². The Hall–Kier alpha value is -4.80. The molecular weight excluding hydrogens is 602 g/mol. The molecule has 4 rings (SSSR count). The lowest BCUT2D eigenvalue weighted by Crippen LogP contribution is -2.32. The van der Waals surface area contributed by atoms with E-state index in [4.69, 9.17) is 4.74 Å². The van der Waals surface area contributed by atoms with Gasteiger partial charge in [0.05, 0.1) is 18.7 Å². The fourth-order valence-electron chi connectivity index (χ4n) is 3.77. The number of hydrogen-bond acceptors (Lipinski definition) is 7. The lowest BCUT2D eigenvalue weighted by Gasteiger charge is -2.10. The SMILES string of the molecule is O=C(Nc1ccc(OC(F)(F)F)cc1)Nc1cn(Cc2ccc(C(F)(F)F)cc2)c(C(=O)NCCOC(=O)CNC2CC2)n1. The second kappa shape index (κ2) is 13.7. The van der Waals surface area contributed by atoms with Crippen molar-refractivity contribution in [3.63, 3.8) is 0 Å². The van der Waals surface area contributed by atoms with Gasteiger partial charge in [-0.25, -0.2) is 9.78 Å². The van der Waals surface area contributed by atoms with Gasteiger partial charge >= 0.3 is 24.5 Å². The second-order valence-corrected chi connectivity index (χ2v) is 9.56. The molecule has 0 atom stereocenters. The van der Waals surface area contributed by atoms with E-state index in [-0.39, 0.29) is 43.6 Å². The van der Waals surface area contributed by atoms with E-state index in [1.165, 1.54) is 22.9 Å². The van der Waals surface area contributed by atoms with E-state index in [2.05, 4.69) is 31.0 Å². The quantitative estimate of drug-likeness (QED) is 0.132. The Morgan fingerprint density at radius 1 is 0.932 bits per heavy atom. The third-order valence-corrected chi connectivity index (χ3v) is 5.96. The summed E-state index contributed by atoms with van der Waals surface area (Å²) in [5.74, 6) is -2.04. The first-order chi connectivity index (χ1) is 20.7. The summed E-state index contributed by atoms with van der Waals surface area (Å²) in [7, 11) is 0. The Labute approximate surface area is 245 Å². The van der Waals surface area contributed by atoms with Crippen LogP contribution in [0.5, 0.6) is 5.75 Å². The number of esters is 1. The van der Waals surface area contributed by atoms with Gasteiger partial charge in [0.15, 0.2) is 5.82 Å². The van der Waals surface area contributed by atoms with Crippen LogP contribution in [-0.4, -0.2) is 59.6 Å². The minimum Gasteiger partial charge on any atom is -0.463 e. The van der Waals surface area contributed by atoms with Gasteiger partial charge in [0.25, 0.3) is 5.91 Å². The number of nitrogens with zero attached hydrogens (tertiary/aromatic N) is 2. The van der Waals surface area contributed by atoms with Crippen molar-refractivity contribution in [3.05, 3.63) is 71.7 Å². The van der Waals surface area contributed by atoms with E-state index in [0.717, 1.165) is 49.2 Å². The fraction of sp³-hybridized carbons (Fsp3) is 0.333. The second-order valence-electron chi connectivity index (χ2n) is 9.56. The molecule has 0 bridgehead atoms. The largest absolute Gasteiger partial charge is 0.573 e. The van der Waals surface area contributed by atoms with Crippen molar-refractivity contribution in [1.82, 2.24) is 20.2 Å². The zero-order chi connectivity index (χ0) is 31.9. The molecule has 1 fully saturated rings. The number of carbonyl (C=O) groups is 3. The summed E-state index contributed by atoms with van der Waals surface area (Å²) in [6.07, 6.45) is -6.15. The predicted molar refractivity (Wildman–Crippen MR) is 143 cm³/mol. The number of rotatable bonds is 12. The standard InChI is InChI=1S/C27H26F6N6O5/c28-26(29,30)17-3-1-16(2-4-17)14-39-15-21(38-25(42)36-19-7-9-20(10-8-19)44-27(31,32)33)37-23(39)24(41)34-11-12-43-22(40)13-35-18-5-6-18/h1-4,7-10,15,18,35H,5-6,11-14H2,(H,34,41)(H2,36,38,42). The van der Waals surface area contributed by atoms with Gasteiger partial charge in [-0.15, -0.1) is 13.2 Å². The Kier molecular flexibility index (Phi) is 9.97. The number of urea groups is 1. The summed E-state index contributed by atoms with van der Waals surface area (Å²) >= 11 is 0. The van der Waals surface area contributed by atoms with Crippen molar-refractivity contribution in [2.45, 2.75) is 38.0 Å². The van der Waals surface area contributed by atoms with Crippen LogP contribution in [0.25, 0.3) is 0 Å². The molecule has 0 saturated heterocycles. The van der Waals surface area contributed by atoms with Crippen LogP contribution in [0.15, 0.2) is 54.7 Å². The van der Waals surface area contributed by atoms with Gasteiger partial charge in [0.1, 0.15) is 12.4 Å². The van der Waals surface area contributed by atoms with Crippen LogP contribution in [-0.2, 0) is 22.3 Å². The van der Waals surface area contributed by atoms with Gasteiger partial charge in [0, 0.05) is 24.5 Å². The number of benzene rings is 2. The number of hydrogen-bond donors (Lipinski definition) is 4. The number of alkyl halides is 6. The summed E-state index contributed by atoms with van der Waals surface area (Å²) in [6.45, 7) is -0.256. The molecule has 3 aromatic rings. The molecule has 1 aromatic heterocycles. The van der Waals surface area contributed by atoms with Crippen LogP contribution in [0.3, 0.4) is 0 Å². The highest BCUT2D eigenvalue weighted by molar-refractivity contribution is 6.00. The number of ether oxygens (including phenoxy) is 2. The molecule has 236 valence electrons. The van der Waals surface area contributed by atoms with Crippen molar-refractivity contribution in [2.75, 3.05) is 30.3 Å². The van der Waals surface area contributed by atoms with Crippen LogP contribution < -0.4 is 26.0 Å². The molecular formula is C27H26F6N6O5. The summed E-state index contributed by atoms with van der Waals surface area (Å²) < 4.78 is 86.1. The van der Waals surface area contributed by atoms with E-state index >= 15 is 0 Å². The minimum atomic E-state index is -4.88. The number of anilines is 2. The highest BCUT2D eigenvalue weighted by Crippen LogP contribution is 2.29. The van der Waals surface area contributed by atoms with Crippen molar-refractivity contribution in [3.8, 4) is 5.75 Å². The molecule has 4 N–H and O–H groups in total. The highest BCUT2D eigenvalue weighted by atomic mass is 19.4. The lowest BCUT2D eigenvalue weighted by atomic mass is 10.1. The average molecular weight is 629 g/mol. The number of carbonyl (C=O) groups excluding carboxylic acids is 3. The first-order valence-electron chi connectivity index (χ1n) is 13.1. The Bertz CT molecular complexity index is 1450. The van der Waals surface area contributed by atoms with E-state index in [9.17, 15) is 40.7 Å². The van der Waals surface area contributed by atoms with Crippen molar-refractivity contribution in [1.29, 1.82) is 0 Å². The molecule has 1 aliphatic rings. The third-order valence-electron chi connectivity index (χ3n) is 5.96. The van der Waals surface area contributed by atoms with Crippen LogP contribution in [0, 0.1) is 0 Å². The summed E-state index contributed by atoms with van der Waals surface area (Å²) in [5, 5.41) is 10.3. The van der Waals surface area contributed by atoms with Crippen molar-refractivity contribution in [2.24, 2.45) is 0 Å². The Morgan fingerprint density at radius 2 is 1.61 bits per heavy atom. The van der Waals surface area contributed by atoms with E-state index in [1.54, 1.807) is 0 Å². The van der Waals surface area contributed by atoms with Gasteiger partial charge < -0.3 is 30.0 Å². The summed E-state index contributed by atoms with van der Waals surface area (Å²) in [5.41, 5.74) is -0.358. The minimum absolute atomic E-state index is 0.0404. The molecule has 17 heteroatoms. The predicted octanol–water partition coefficient (Wildman–Crippen LogP) is 4.52. The van der Waals surface area contributed by atoms with E-state index in [1.807, 2.05) is 0 Å². The normalized spacial score (nSPS) is 13.2. The summed E-state index contributed by atoms with van der Waals surface area (Å²) in [4.78, 5) is 41.3. The topological polar surface area (TPSA) is 136 Å². The van der Waals surface area contributed by atoms with Gasteiger partial charge in [-0.2, -0.15) is 13.2 Å². The molecule has 1 heterocycles. The molecule has 0 radical (unpaired) electrons.